The first kappa shape index (κ1) is 18.5. The maximum Gasteiger partial charge on any atom is 0.256 e. The minimum Gasteiger partial charge on any atom is -0.319 e. The van der Waals surface area contributed by atoms with Gasteiger partial charge in [0.15, 0.2) is 0 Å². The van der Waals surface area contributed by atoms with Gasteiger partial charge in [0.2, 0.25) is 0 Å². The molecule has 144 valence electrons. The lowest BCUT2D eigenvalue weighted by molar-refractivity contribution is -0.110. The summed E-state index contributed by atoms with van der Waals surface area (Å²) < 4.78 is 14.0. The normalized spacial score (nSPS) is 33.6. The number of hydrogen-bond donors (Lipinski definition) is 1. The topological polar surface area (TPSA) is 29.1 Å². The summed E-state index contributed by atoms with van der Waals surface area (Å²) >= 11 is 0. The molecule has 1 aromatic carbocycles. The van der Waals surface area contributed by atoms with Crippen LogP contribution in [-0.2, 0) is 4.79 Å². The lowest BCUT2D eigenvalue weighted by Gasteiger charge is -2.58. The second-order valence-electron chi connectivity index (χ2n) is 9.62. The van der Waals surface area contributed by atoms with Crippen LogP contribution in [0.1, 0.15) is 64.9 Å². The van der Waals surface area contributed by atoms with Gasteiger partial charge in [-0.25, -0.2) is 4.39 Å². The highest BCUT2D eigenvalue weighted by atomic mass is 19.1. The van der Waals surface area contributed by atoms with Gasteiger partial charge >= 0.3 is 0 Å². The third kappa shape index (κ3) is 2.86. The molecule has 0 bridgehead atoms. The molecular formula is C24H30FNO. The van der Waals surface area contributed by atoms with Crippen LogP contribution in [0.4, 0.5) is 10.1 Å². The molecule has 1 heterocycles. The SMILES string of the molecule is C=C1CC[C@H]2C(C)(C)CCC[C@]2(C)[C@H]1C/C=C1/C(=O)Nc2c(F)cccc21. The Kier molecular flexibility index (Phi) is 4.32. The smallest absolute Gasteiger partial charge is 0.256 e. The van der Waals surface area contributed by atoms with Gasteiger partial charge in [0, 0.05) is 11.1 Å². The quantitative estimate of drug-likeness (QED) is 0.479. The van der Waals surface area contributed by atoms with Gasteiger partial charge in [0.05, 0.1) is 5.69 Å². The zero-order chi connectivity index (χ0) is 19.4. The fraction of sp³-hybridized carbons (Fsp3) is 0.542. The fourth-order valence-corrected chi connectivity index (χ4v) is 6.33. The van der Waals surface area contributed by atoms with E-state index >= 15 is 0 Å². The van der Waals surface area contributed by atoms with E-state index in [0.717, 1.165) is 12.8 Å². The highest BCUT2D eigenvalue weighted by Gasteiger charge is 2.52. The Bertz CT molecular complexity index is 837. The number of carbonyl (C=O) groups is 1. The van der Waals surface area contributed by atoms with E-state index in [1.54, 1.807) is 6.07 Å². The molecule has 3 atom stereocenters. The van der Waals surface area contributed by atoms with Crippen LogP contribution in [0.5, 0.6) is 0 Å². The molecule has 27 heavy (non-hydrogen) atoms. The molecule has 2 fully saturated rings. The fourth-order valence-electron chi connectivity index (χ4n) is 6.33. The van der Waals surface area contributed by atoms with Crippen molar-refractivity contribution in [1.29, 1.82) is 0 Å². The van der Waals surface area contributed by atoms with Gasteiger partial charge in [-0.05, 0) is 60.8 Å². The van der Waals surface area contributed by atoms with Crippen molar-refractivity contribution >= 4 is 17.2 Å². The van der Waals surface area contributed by atoms with Gasteiger partial charge in [0.25, 0.3) is 5.91 Å². The summed E-state index contributed by atoms with van der Waals surface area (Å²) in [4.78, 5) is 12.4. The highest BCUT2D eigenvalue weighted by Crippen LogP contribution is 2.61. The second kappa shape index (κ2) is 6.32. The molecule has 3 aliphatic rings. The van der Waals surface area contributed by atoms with Crippen LogP contribution in [-0.4, -0.2) is 5.91 Å². The van der Waals surface area contributed by atoms with E-state index in [4.69, 9.17) is 0 Å². The molecule has 3 heteroatoms. The lowest BCUT2D eigenvalue weighted by atomic mass is 9.47. The molecule has 0 radical (unpaired) electrons. The van der Waals surface area contributed by atoms with Gasteiger partial charge < -0.3 is 5.32 Å². The molecule has 0 unspecified atom stereocenters. The lowest BCUT2D eigenvalue weighted by Crippen LogP contribution is -2.49. The van der Waals surface area contributed by atoms with E-state index in [1.807, 2.05) is 12.1 Å². The number of carbonyl (C=O) groups excluding carboxylic acids is 1. The number of para-hydroxylation sites is 1. The first-order valence-corrected chi connectivity index (χ1v) is 10.2. The molecule has 1 aliphatic heterocycles. The number of amides is 1. The summed E-state index contributed by atoms with van der Waals surface area (Å²) in [5, 5.41) is 2.69. The van der Waals surface area contributed by atoms with Gasteiger partial charge in [0.1, 0.15) is 5.82 Å². The number of nitrogens with one attached hydrogen (secondary N) is 1. The van der Waals surface area contributed by atoms with Crippen LogP contribution in [0, 0.1) is 28.5 Å². The molecule has 2 saturated carbocycles. The Labute approximate surface area is 161 Å². The molecule has 2 aliphatic carbocycles. The number of rotatable bonds is 2. The van der Waals surface area contributed by atoms with Gasteiger partial charge in [-0.15, -0.1) is 0 Å². The summed E-state index contributed by atoms with van der Waals surface area (Å²) in [7, 11) is 0. The molecule has 1 N–H and O–H groups in total. The number of halogens is 1. The average molecular weight is 368 g/mol. The Balaban J connectivity index is 1.66. The second-order valence-corrected chi connectivity index (χ2v) is 9.62. The number of anilines is 1. The predicted molar refractivity (Wildman–Crippen MR) is 109 cm³/mol. The minimum absolute atomic E-state index is 0.192. The van der Waals surface area contributed by atoms with E-state index in [1.165, 1.54) is 37.3 Å². The molecule has 1 amide bonds. The van der Waals surface area contributed by atoms with E-state index in [-0.39, 0.29) is 17.1 Å². The molecule has 1 aromatic rings. The van der Waals surface area contributed by atoms with Gasteiger partial charge in [-0.2, -0.15) is 0 Å². The maximum atomic E-state index is 14.0. The van der Waals surface area contributed by atoms with Crippen LogP contribution in [0.15, 0.2) is 36.4 Å². The summed E-state index contributed by atoms with van der Waals surface area (Å²) in [5.41, 5.74) is 3.53. The Morgan fingerprint density at radius 2 is 2.07 bits per heavy atom. The third-order valence-corrected chi connectivity index (χ3v) is 7.66. The summed E-state index contributed by atoms with van der Waals surface area (Å²) in [6.45, 7) is 11.7. The number of allylic oxidation sites excluding steroid dienone is 2. The van der Waals surface area contributed by atoms with Crippen molar-refractivity contribution in [3.8, 4) is 0 Å². The third-order valence-electron chi connectivity index (χ3n) is 7.66. The zero-order valence-electron chi connectivity index (χ0n) is 16.7. The van der Waals surface area contributed by atoms with Gasteiger partial charge in [-0.1, -0.05) is 57.6 Å². The summed E-state index contributed by atoms with van der Waals surface area (Å²) in [6, 6.07) is 4.88. The monoisotopic (exact) mass is 367 g/mol. The summed E-state index contributed by atoms with van der Waals surface area (Å²) in [6.07, 6.45) is 8.92. The molecule has 0 saturated heterocycles. The van der Waals surface area contributed by atoms with Crippen molar-refractivity contribution in [3.05, 3.63) is 47.8 Å². The average Bonchev–Trinajstić information content (AvgIpc) is 2.91. The number of fused-ring (bicyclic) bond motifs is 2. The summed E-state index contributed by atoms with van der Waals surface area (Å²) in [5.74, 6) is 0.512. The van der Waals surface area contributed by atoms with Crippen molar-refractivity contribution < 1.29 is 9.18 Å². The van der Waals surface area contributed by atoms with Crippen molar-refractivity contribution in [3.63, 3.8) is 0 Å². The molecular weight excluding hydrogens is 337 g/mol. The van der Waals surface area contributed by atoms with E-state index in [2.05, 4.69) is 32.7 Å². The van der Waals surface area contributed by atoms with Crippen molar-refractivity contribution in [2.24, 2.45) is 22.7 Å². The molecule has 2 nitrogen and oxygen atoms in total. The van der Waals surface area contributed by atoms with Crippen LogP contribution >= 0.6 is 0 Å². The van der Waals surface area contributed by atoms with Crippen molar-refractivity contribution in [2.45, 2.75) is 59.3 Å². The standard InChI is InChI=1S/C24H30FNO/c1-15-9-12-20-23(2,3)13-6-14-24(20,4)18(15)11-10-17-16-7-5-8-19(25)21(16)26-22(17)27/h5,7-8,10,18,20H,1,6,9,11-14H2,2-4H3,(H,26,27)/b17-10+/t18-,20-,24+/m0/s1. The largest absolute Gasteiger partial charge is 0.319 e. The Morgan fingerprint density at radius 1 is 1.30 bits per heavy atom. The first-order chi connectivity index (χ1) is 12.7. The van der Waals surface area contributed by atoms with Crippen LogP contribution in [0.3, 0.4) is 0 Å². The minimum atomic E-state index is -0.368. The van der Waals surface area contributed by atoms with Crippen LogP contribution < -0.4 is 5.32 Å². The van der Waals surface area contributed by atoms with Gasteiger partial charge in [-0.3, -0.25) is 4.79 Å². The van der Waals surface area contributed by atoms with Crippen LogP contribution in [0.2, 0.25) is 0 Å². The number of benzene rings is 1. The maximum absolute atomic E-state index is 14.0. The zero-order valence-corrected chi connectivity index (χ0v) is 16.7. The van der Waals surface area contributed by atoms with E-state index < -0.39 is 0 Å². The highest BCUT2D eigenvalue weighted by molar-refractivity contribution is 6.31. The van der Waals surface area contributed by atoms with Crippen molar-refractivity contribution in [2.75, 3.05) is 5.32 Å². The molecule has 0 spiro atoms. The van der Waals surface area contributed by atoms with Crippen LogP contribution in [0.25, 0.3) is 5.57 Å². The van der Waals surface area contributed by atoms with E-state index in [0.29, 0.717) is 34.1 Å². The van der Waals surface area contributed by atoms with E-state index in [9.17, 15) is 9.18 Å². The Hall–Kier alpha value is -1.90. The Morgan fingerprint density at radius 3 is 2.85 bits per heavy atom. The van der Waals surface area contributed by atoms with Crippen molar-refractivity contribution in [1.82, 2.24) is 0 Å². The molecule has 0 aromatic heterocycles. The predicted octanol–water partition coefficient (Wildman–Crippen LogP) is 6.35. The molecule has 4 rings (SSSR count). The number of hydrogen-bond acceptors (Lipinski definition) is 1. The first-order valence-electron chi connectivity index (χ1n) is 10.2.